The first-order chi connectivity index (χ1) is 5.95. The Morgan fingerprint density at radius 2 is 1.85 bits per heavy atom. The molecule has 0 aliphatic carbocycles. The lowest BCUT2D eigenvalue weighted by Gasteiger charge is -2.23. The zero-order chi connectivity index (χ0) is 10.1. The van der Waals surface area contributed by atoms with Gasteiger partial charge in [-0.2, -0.15) is 0 Å². The molecule has 0 nitrogen and oxygen atoms in total. The van der Waals surface area contributed by atoms with Crippen LogP contribution in [0.4, 0.5) is 0 Å². The average Bonchev–Trinajstić information content (AvgIpc) is 2.02. The molecule has 1 aromatic carbocycles. The zero-order valence-corrected chi connectivity index (χ0v) is 9.57. The Morgan fingerprint density at radius 1 is 1.23 bits per heavy atom. The summed E-state index contributed by atoms with van der Waals surface area (Å²) in [6, 6.07) is 6.28. The van der Waals surface area contributed by atoms with Crippen molar-refractivity contribution in [3.05, 3.63) is 34.3 Å². The van der Waals surface area contributed by atoms with Crippen LogP contribution in [0.15, 0.2) is 18.2 Å². The molecular formula is C12H17Cl. The van der Waals surface area contributed by atoms with Gasteiger partial charge in [0, 0.05) is 5.02 Å². The van der Waals surface area contributed by atoms with Crippen LogP contribution in [0.25, 0.3) is 0 Å². The van der Waals surface area contributed by atoms with Crippen LogP contribution in [0.2, 0.25) is 5.02 Å². The third kappa shape index (κ3) is 2.47. The van der Waals surface area contributed by atoms with Gasteiger partial charge in [-0.1, -0.05) is 38.4 Å². The van der Waals surface area contributed by atoms with Crippen molar-refractivity contribution < 1.29 is 0 Å². The second-order valence-electron chi connectivity index (χ2n) is 4.25. The second kappa shape index (κ2) is 3.71. The van der Waals surface area contributed by atoms with Gasteiger partial charge in [0.2, 0.25) is 0 Å². The highest BCUT2D eigenvalue weighted by Crippen LogP contribution is 2.29. The van der Waals surface area contributed by atoms with Crippen molar-refractivity contribution in [3.63, 3.8) is 0 Å². The maximum atomic E-state index is 6.01. The van der Waals surface area contributed by atoms with Crippen LogP contribution in [-0.2, 0) is 5.41 Å². The molecule has 0 fully saturated rings. The Labute approximate surface area is 85.9 Å². The van der Waals surface area contributed by atoms with Crippen molar-refractivity contribution in [1.29, 1.82) is 0 Å². The van der Waals surface area contributed by atoms with E-state index in [4.69, 9.17) is 11.6 Å². The van der Waals surface area contributed by atoms with Gasteiger partial charge in [0.1, 0.15) is 0 Å². The van der Waals surface area contributed by atoms with Crippen molar-refractivity contribution >= 4 is 11.6 Å². The quantitative estimate of drug-likeness (QED) is 0.661. The molecule has 0 heterocycles. The van der Waals surface area contributed by atoms with E-state index in [0.29, 0.717) is 0 Å². The van der Waals surface area contributed by atoms with E-state index in [-0.39, 0.29) is 5.41 Å². The standard InChI is InChI=1S/C12H17Cl/c1-5-12(3,4)10-6-9(2)7-11(13)8-10/h6-8H,5H2,1-4H3. The third-order valence-corrected chi connectivity index (χ3v) is 2.93. The first-order valence-corrected chi connectivity index (χ1v) is 5.11. The summed E-state index contributed by atoms with van der Waals surface area (Å²) < 4.78 is 0. The van der Waals surface area contributed by atoms with E-state index < -0.39 is 0 Å². The summed E-state index contributed by atoms with van der Waals surface area (Å²) in [5, 5.41) is 0.844. The molecule has 13 heavy (non-hydrogen) atoms. The van der Waals surface area contributed by atoms with E-state index in [2.05, 4.69) is 39.8 Å². The normalized spacial score (nSPS) is 11.8. The fraction of sp³-hybridized carbons (Fsp3) is 0.500. The Bertz CT molecular complexity index is 280. The zero-order valence-electron chi connectivity index (χ0n) is 8.82. The highest BCUT2D eigenvalue weighted by Gasteiger charge is 2.18. The highest BCUT2D eigenvalue weighted by atomic mass is 35.5. The number of benzene rings is 1. The van der Waals surface area contributed by atoms with E-state index in [1.54, 1.807) is 0 Å². The Morgan fingerprint density at radius 3 is 2.31 bits per heavy atom. The minimum Gasteiger partial charge on any atom is -0.0843 e. The summed E-state index contributed by atoms with van der Waals surface area (Å²) in [6.07, 6.45) is 1.13. The van der Waals surface area contributed by atoms with E-state index in [1.165, 1.54) is 11.1 Å². The van der Waals surface area contributed by atoms with Crippen LogP contribution in [0.1, 0.15) is 38.3 Å². The monoisotopic (exact) mass is 196 g/mol. The summed E-state index contributed by atoms with van der Waals surface area (Å²) in [7, 11) is 0. The van der Waals surface area contributed by atoms with E-state index in [9.17, 15) is 0 Å². The van der Waals surface area contributed by atoms with Crippen molar-refractivity contribution in [1.82, 2.24) is 0 Å². The van der Waals surface area contributed by atoms with Crippen molar-refractivity contribution in [2.24, 2.45) is 0 Å². The molecular weight excluding hydrogens is 180 g/mol. The Kier molecular flexibility index (Phi) is 3.02. The molecule has 1 rings (SSSR count). The molecule has 0 N–H and O–H groups in total. The fourth-order valence-electron chi connectivity index (χ4n) is 1.33. The van der Waals surface area contributed by atoms with Gasteiger partial charge in [-0.05, 0) is 42.0 Å². The predicted molar refractivity (Wildman–Crippen MR) is 59.5 cm³/mol. The summed E-state index contributed by atoms with van der Waals surface area (Å²) >= 11 is 6.01. The summed E-state index contributed by atoms with van der Waals surface area (Å²) in [5.74, 6) is 0. The first kappa shape index (κ1) is 10.6. The SMILES string of the molecule is CCC(C)(C)c1cc(C)cc(Cl)c1. The van der Waals surface area contributed by atoms with Gasteiger partial charge in [-0.15, -0.1) is 0 Å². The molecule has 0 aliphatic heterocycles. The van der Waals surface area contributed by atoms with Crippen LogP contribution in [0, 0.1) is 6.92 Å². The number of aryl methyl sites for hydroxylation is 1. The largest absolute Gasteiger partial charge is 0.0843 e. The predicted octanol–water partition coefficient (Wildman–Crippen LogP) is 4.34. The van der Waals surface area contributed by atoms with E-state index in [1.807, 2.05) is 6.07 Å². The average molecular weight is 197 g/mol. The molecule has 1 aromatic rings. The fourth-order valence-corrected chi connectivity index (χ4v) is 1.62. The Balaban J connectivity index is 3.15. The van der Waals surface area contributed by atoms with Crippen LogP contribution in [0.3, 0.4) is 0 Å². The van der Waals surface area contributed by atoms with Crippen LogP contribution in [-0.4, -0.2) is 0 Å². The van der Waals surface area contributed by atoms with Gasteiger partial charge in [0.15, 0.2) is 0 Å². The topological polar surface area (TPSA) is 0 Å². The molecule has 72 valence electrons. The van der Waals surface area contributed by atoms with E-state index in [0.717, 1.165) is 11.4 Å². The summed E-state index contributed by atoms with van der Waals surface area (Å²) in [5.41, 5.74) is 2.80. The van der Waals surface area contributed by atoms with Gasteiger partial charge in [-0.3, -0.25) is 0 Å². The first-order valence-electron chi connectivity index (χ1n) is 4.73. The number of hydrogen-bond donors (Lipinski definition) is 0. The number of rotatable bonds is 2. The lowest BCUT2D eigenvalue weighted by molar-refractivity contribution is 0.506. The molecule has 0 bridgehead atoms. The summed E-state index contributed by atoms with van der Waals surface area (Å²) in [6.45, 7) is 8.79. The molecule has 0 aromatic heterocycles. The van der Waals surface area contributed by atoms with Gasteiger partial charge in [0.05, 0.1) is 0 Å². The molecule has 0 saturated heterocycles. The van der Waals surface area contributed by atoms with Crippen LogP contribution < -0.4 is 0 Å². The second-order valence-corrected chi connectivity index (χ2v) is 4.69. The maximum Gasteiger partial charge on any atom is 0.0411 e. The van der Waals surface area contributed by atoms with Gasteiger partial charge >= 0.3 is 0 Å². The van der Waals surface area contributed by atoms with E-state index >= 15 is 0 Å². The molecule has 0 radical (unpaired) electrons. The Hall–Kier alpha value is -0.490. The lowest BCUT2D eigenvalue weighted by Crippen LogP contribution is -2.15. The van der Waals surface area contributed by atoms with Crippen LogP contribution >= 0.6 is 11.6 Å². The molecule has 1 heteroatoms. The van der Waals surface area contributed by atoms with Gasteiger partial charge < -0.3 is 0 Å². The van der Waals surface area contributed by atoms with Crippen molar-refractivity contribution in [3.8, 4) is 0 Å². The molecule has 0 spiro atoms. The number of halogens is 1. The maximum absolute atomic E-state index is 6.01. The molecule has 0 saturated carbocycles. The third-order valence-electron chi connectivity index (χ3n) is 2.71. The molecule has 0 atom stereocenters. The lowest BCUT2D eigenvalue weighted by atomic mass is 9.82. The molecule has 0 amide bonds. The van der Waals surface area contributed by atoms with Gasteiger partial charge in [-0.25, -0.2) is 0 Å². The minimum atomic E-state index is 0.232. The number of hydrogen-bond acceptors (Lipinski definition) is 0. The minimum absolute atomic E-state index is 0.232. The van der Waals surface area contributed by atoms with Crippen molar-refractivity contribution in [2.75, 3.05) is 0 Å². The molecule has 0 unspecified atom stereocenters. The van der Waals surface area contributed by atoms with Crippen molar-refractivity contribution in [2.45, 2.75) is 39.5 Å². The highest BCUT2D eigenvalue weighted by molar-refractivity contribution is 6.30. The van der Waals surface area contributed by atoms with Gasteiger partial charge in [0.25, 0.3) is 0 Å². The summed E-state index contributed by atoms with van der Waals surface area (Å²) in [4.78, 5) is 0. The molecule has 0 aliphatic rings. The van der Waals surface area contributed by atoms with Crippen LogP contribution in [0.5, 0.6) is 0 Å². The smallest absolute Gasteiger partial charge is 0.0411 e.